The zero-order valence-corrected chi connectivity index (χ0v) is 11.4. The van der Waals surface area contributed by atoms with Gasteiger partial charge in [-0.25, -0.2) is 9.78 Å². The Morgan fingerprint density at radius 1 is 1.40 bits per heavy atom. The molecule has 20 heavy (non-hydrogen) atoms. The summed E-state index contributed by atoms with van der Waals surface area (Å²) in [6.45, 7) is 5.87. The molecule has 1 aromatic heterocycles. The van der Waals surface area contributed by atoms with Crippen molar-refractivity contribution >= 4 is 6.09 Å². The highest BCUT2D eigenvalue weighted by atomic mass is 19.4. The molecular weight excluding hydrogens is 275 g/mol. The van der Waals surface area contributed by atoms with Crippen molar-refractivity contribution in [2.75, 3.05) is 13.1 Å². The van der Waals surface area contributed by atoms with Crippen molar-refractivity contribution in [3.05, 3.63) is 17.7 Å². The van der Waals surface area contributed by atoms with Crippen LogP contribution in [-0.4, -0.2) is 39.7 Å². The molecule has 0 bridgehead atoms. The Balaban J connectivity index is 1.90. The number of aromatic amines is 1. The second-order valence-corrected chi connectivity index (χ2v) is 5.76. The lowest BCUT2D eigenvalue weighted by Gasteiger charge is -2.38. The van der Waals surface area contributed by atoms with Crippen LogP contribution in [0.4, 0.5) is 18.0 Å². The van der Waals surface area contributed by atoms with Gasteiger partial charge in [-0.3, -0.25) is 0 Å². The average Bonchev–Trinajstić information content (AvgIpc) is 2.60. The summed E-state index contributed by atoms with van der Waals surface area (Å²) < 4.78 is 42.4. The van der Waals surface area contributed by atoms with Gasteiger partial charge in [0.15, 0.2) is 0 Å². The van der Waals surface area contributed by atoms with Gasteiger partial charge in [-0.2, -0.15) is 13.2 Å². The number of carbonyl (C=O) groups excluding carboxylic acids is 1. The molecule has 0 unspecified atom stereocenters. The topological polar surface area (TPSA) is 58.2 Å². The molecule has 1 aliphatic heterocycles. The van der Waals surface area contributed by atoms with E-state index in [1.807, 2.05) is 0 Å². The molecule has 0 atom stereocenters. The van der Waals surface area contributed by atoms with Gasteiger partial charge in [0.2, 0.25) is 0 Å². The normalized spacial score (nSPS) is 17.0. The van der Waals surface area contributed by atoms with Gasteiger partial charge in [0, 0.05) is 13.1 Å². The Hall–Kier alpha value is -1.73. The van der Waals surface area contributed by atoms with Gasteiger partial charge in [0.25, 0.3) is 0 Å². The van der Waals surface area contributed by atoms with Crippen LogP contribution in [0, 0.1) is 0 Å². The second kappa shape index (κ2) is 4.68. The van der Waals surface area contributed by atoms with Crippen LogP contribution in [0.25, 0.3) is 0 Å². The van der Waals surface area contributed by atoms with Crippen LogP contribution in [0.2, 0.25) is 0 Å². The lowest BCUT2D eigenvalue weighted by molar-refractivity contribution is -0.141. The molecule has 1 fully saturated rings. The predicted octanol–water partition coefficient (Wildman–Crippen LogP) is 2.76. The number of hydrogen-bond acceptors (Lipinski definition) is 3. The van der Waals surface area contributed by atoms with E-state index in [9.17, 15) is 18.0 Å². The standard InChI is InChI=1S/C12H16F3N3O2/c1-11(2,3)20-10(19)18-5-7(6-18)9-16-4-8(17-9)12(13,14)15/h4,7H,5-6H2,1-3H3,(H,16,17). The highest BCUT2D eigenvalue weighted by Crippen LogP contribution is 2.31. The Kier molecular flexibility index (Phi) is 3.43. The highest BCUT2D eigenvalue weighted by Gasteiger charge is 2.38. The minimum absolute atomic E-state index is 0.210. The molecule has 0 aliphatic carbocycles. The van der Waals surface area contributed by atoms with Crippen LogP contribution in [0.15, 0.2) is 6.20 Å². The minimum Gasteiger partial charge on any atom is -0.444 e. The average molecular weight is 291 g/mol. The first-order valence-corrected chi connectivity index (χ1v) is 6.16. The molecule has 2 rings (SSSR count). The largest absolute Gasteiger partial charge is 0.444 e. The SMILES string of the molecule is CC(C)(C)OC(=O)N1CC(c2ncc(C(F)(F)F)[nH]2)C1. The lowest BCUT2D eigenvalue weighted by Crippen LogP contribution is -2.50. The molecule has 0 aromatic carbocycles. The zero-order chi connectivity index (χ0) is 15.1. The first kappa shape index (κ1) is 14.7. The van der Waals surface area contributed by atoms with Gasteiger partial charge in [-0.1, -0.05) is 0 Å². The van der Waals surface area contributed by atoms with E-state index < -0.39 is 23.6 Å². The summed E-state index contributed by atoms with van der Waals surface area (Å²) in [5.74, 6) is 0.0377. The van der Waals surface area contributed by atoms with Crippen molar-refractivity contribution in [2.45, 2.75) is 38.5 Å². The number of halogens is 3. The Morgan fingerprint density at radius 3 is 2.45 bits per heavy atom. The van der Waals surface area contributed by atoms with Crippen molar-refractivity contribution in [3.8, 4) is 0 Å². The van der Waals surface area contributed by atoms with Crippen molar-refractivity contribution in [3.63, 3.8) is 0 Å². The van der Waals surface area contributed by atoms with E-state index in [0.717, 1.165) is 6.20 Å². The van der Waals surface area contributed by atoms with Crippen LogP contribution in [0.5, 0.6) is 0 Å². The summed E-state index contributed by atoms with van der Waals surface area (Å²) in [7, 11) is 0. The van der Waals surface area contributed by atoms with Gasteiger partial charge >= 0.3 is 12.3 Å². The van der Waals surface area contributed by atoms with E-state index in [2.05, 4.69) is 9.97 Å². The molecule has 0 spiro atoms. The molecule has 5 nitrogen and oxygen atoms in total. The van der Waals surface area contributed by atoms with Crippen LogP contribution >= 0.6 is 0 Å². The molecule has 8 heteroatoms. The van der Waals surface area contributed by atoms with Crippen molar-refractivity contribution in [1.29, 1.82) is 0 Å². The molecule has 0 radical (unpaired) electrons. The number of aromatic nitrogens is 2. The fourth-order valence-electron chi connectivity index (χ4n) is 1.82. The van der Waals surface area contributed by atoms with E-state index in [1.54, 1.807) is 20.8 Å². The fraction of sp³-hybridized carbons (Fsp3) is 0.667. The molecular formula is C12H16F3N3O2. The van der Waals surface area contributed by atoms with Crippen LogP contribution < -0.4 is 0 Å². The summed E-state index contributed by atoms with van der Waals surface area (Å²) >= 11 is 0. The molecule has 1 aliphatic rings. The smallest absolute Gasteiger partial charge is 0.432 e. The summed E-state index contributed by atoms with van der Waals surface area (Å²) in [6, 6.07) is 0. The first-order chi connectivity index (χ1) is 9.06. The van der Waals surface area contributed by atoms with Gasteiger partial charge in [0.05, 0.1) is 12.1 Å². The van der Waals surface area contributed by atoms with Crippen molar-refractivity contribution in [1.82, 2.24) is 14.9 Å². The van der Waals surface area contributed by atoms with Gasteiger partial charge in [-0.15, -0.1) is 0 Å². The number of hydrogen-bond donors (Lipinski definition) is 1. The molecule has 0 saturated carbocycles. The molecule has 1 saturated heterocycles. The highest BCUT2D eigenvalue weighted by molar-refractivity contribution is 5.69. The Bertz CT molecular complexity index is 499. The number of likely N-dealkylation sites (tertiary alicyclic amines) is 1. The maximum absolute atomic E-state index is 12.4. The fourth-order valence-corrected chi connectivity index (χ4v) is 1.82. The number of rotatable bonds is 1. The van der Waals surface area contributed by atoms with Gasteiger partial charge in [-0.05, 0) is 20.8 Å². The number of alkyl halides is 3. The quantitative estimate of drug-likeness (QED) is 0.865. The van der Waals surface area contributed by atoms with Crippen LogP contribution in [-0.2, 0) is 10.9 Å². The van der Waals surface area contributed by atoms with E-state index >= 15 is 0 Å². The number of imidazole rings is 1. The molecule has 1 amide bonds. The summed E-state index contributed by atoms with van der Waals surface area (Å²) in [5, 5.41) is 0. The van der Waals surface area contributed by atoms with Crippen molar-refractivity contribution < 1.29 is 22.7 Å². The summed E-state index contributed by atoms with van der Waals surface area (Å²) in [5.41, 5.74) is -1.46. The lowest BCUT2D eigenvalue weighted by atomic mass is 10.0. The number of nitrogens with zero attached hydrogens (tertiary/aromatic N) is 2. The second-order valence-electron chi connectivity index (χ2n) is 5.76. The maximum atomic E-state index is 12.4. The van der Waals surface area contributed by atoms with Gasteiger partial charge < -0.3 is 14.6 Å². The third-order valence-corrected chi connectivity index (χ3v) is 2.82. The van der Waals surface area contributed by atoms with Crippen LogP contribution in [0.1, 0.15) is 38.2 Å². The maximum Gasteiger partial charge on any atom is 0.432 e. The van der Waals surface area contributed by atoms with Crippen molar-refractivity contribution in [2.24, 2.45) is 0 Å². The first-order valence-electron chi connectivity index (χ1n) is 6.16. The van der Waals surface area contributed by atoms with E-state index in [0.29, 0.717) is 13.1 Å². The summed E-state index contributed by atoms with van der Waals surface area (Å²) in [6.07, 6.45) is -4.12. The van der Waals surface area contributed by atoms with Crippen LogP contribution in [0.3, 0.4) is 0 Å². The number of H-pyrrole nitrogens is 1. The Labute approximate surface area is 114 Å². The number of ether oxygens (including phenoxy) is 1. The number of amides is 1. The van der Waals surface area contributed by atoms with E-state index in [1.165, 1.54) is 4.90 Å². The number of nitrogens with one attached hydrogen (secondary N) is 1. The zero-order valence-electron chi connectivity index (χ0n) is 11.4. The minimum atomic E-state index is -4.43. The van der Waals surface area contributed by atoms with Gasteiger partial charge in [0.1, 0.15) is 17.1 Å². The molecule has 1 aromatic rings. The molecule has 2 heterocycles. The third-order valence-electron chi connectivity index (χ3n) is 2.82. The monoisotopic (exact) mass is 291 g/mol. The molecule has 112 valence electrons. The molecule has 1 N–H and O–H groups in total. The van der Waals surface area contributed by atoms with E-state index in [-0.39, 0.29) is 11.7 Å². The number of carbonyl (C=O) groups is 1. The summed E-state index contributed by atoms with van der Waals surface area (Å²) in [4.78, 5) is 19.1. The van der Waals surface area contributed by atoms with E-state index in [4.69, 9.17) is 4.74 Å². The Morgan fingerprint density at radius 2 is 2.00 bits per heavy atom. The third kappa shape index (κ3) is 3.23. The predicted molar refractivity (Wildman–Crippen MR) is 64.1 cm³/mol.